The lowest BCUT2D eigenvalue weighted by Crippen LogP contribution is -2.62. The molecule has 2 aromatic rings. The quantitative estimate of drug-likeness (QED) is 0.635. The molecule has 1 fully saturated rings. The number of nitrogens with two attached hydrogens (primary N) is 1. The van der Waals surface area contributed by atoms with Gasteiger partial charge in [-0.15, -0.1) is 0 Å². The van der Waals surface area contributed by atoms with E-state index in [1.165, 1.54) is 11.1 Å². The van der Waals surface area contributed by atoms with Crippen LogP contribution in [0.1, 0.15) is 49.5 Å². The van der Waals surface area contributed by atoms with E-state index >= 15 is 0 Å². The molecule has 32 heavy (non-hydrogen) atoms. The van der Waals surface area contributed by atoms with Crippen molar-refractivity contribution in [2.75, 3.05) is 4.90 Å². The van der Waals surface area contributed by atoms with E-state index in [0.29, 0.717) is 18.5 Å². The first-order valence-electron chi connectivity index (χ1n) is 10.4. The summed E-state index contributed by atoms with van der Waals surface area (Å²) in [6, 6.07) is 11.5. The summed E-state index contributed by atoms with van der Waals surface area (Å²) >= 11 is 0. The number of aromatic nitrogens is 1. The molecular formula is C23H25N5O4. The molecule has 9 heteroatoms. The second kappa shape index (κ2) is 9.47. The van der Waals surface area contributed by atoms with Crippen LogP contribution in [0.5, 0.6) is 0 Å². The normalized spacial score (nSPS) is 15.8. The molecule has 1 aromatic heterocycles. The molecule has 1 aromatic carbocycles. The lowest BCUT2D eigenvalue weighted by molar-refractivity contribution is -0.126. The van der Waals surface area contributed by atoms with Crippen molar-refractivity contribution in [3.63, 3.8) is 0 Å². The van der Waals surface area contributed by atoms with Crippen LogP contribution in [-0.4, -0.2) is 39.6 Å². The van der Waals surface area contributed by atoms with Gasteiger partial charge in [-0.1, -0.05) is 31.4 Å². The lowest BCUT2D eigenvalue weighted by atomic mass is 9.80. The highest BCUT2D eigenvalue weighted by molar-refractivity contribution is 6.03. The number of nitriles is 1. The van der Waals surface area contributed by atoms with Gasteiger partial charge in [0.2, 0.25) is 0 Å². The van der Waals surface area contributed by atoms with Crippen molar-refractivity contribution in [2.24, 2.45) is 5.73 Å². The topological polar surface area (TPSA) is 149 Å². The standard InChI is InChI=1S/C23H25N5O4/c1-15(14-24)28(21(30)23(27-22(31)32)10-3-2-4-11-23)18-7-5-16(6-8-18)17-9-12-26-19(13-17)20(25)29/h5-9,12-13,15,27H,2-4,10-11H2,1H3,(H2,25,29)(H,31,32). The van der Waals surface area contributed by atoms with E-state index in [1.54, 1.807) is 43.3 Å². The highest BCUT2D eigenvalue weighted by Crippen LogP contribution is 2.33. The predicted molar refractivity (Wildman–Crippen MR) is 118 cm³/mol. The van der Waals surface area contributed by atoms with E-state index in [0.717, 1.165) is 30.4 Å². The van der Waals surface area contributed by atoms with Crippen LogP contribution < -0.4 is 16.0 Å². The number of anilines is 1. The van der Waals surface area contributed by atoms with E-state index in [4.69, 9.17) is 5.73 Å². The van der Waals surface area contributed by atoms with Crippen LogP contribution in [0.25, 0.3) is 11.1 Å². The van der Waals surface area contributed by atoms with E-state index in [1.807, 2.05) is 0 Å². The van der Waals surface area contributed by atoms with Crippen LogP contribution >= 0.6 is 0 Å². The molecule has 1 heterocycles. The number of nitrogens with one attached hydrogen (secondary N) is 1. The number of pyridine rings is 1. The van der Waals surface area contributed by atoms with Crippen molar-refractivity contribution in [3.8, 4) is 17.2 Å². The Morgan fingerprint density at radius 1 is 1.16 bits per heavy atom. The number of amides is 3. The zero-order valence-corrected chi connectivity index (χ0v) is 17.7. The second-order valence-electron chi connectivity index (χ2n) is 7.89. The van der Waals surface area contributed by atoms with Crippen molar-refractivity contribution in [2.45, 2.75) is 50.6 Å². The maximum atomic E-state index is 13.6. The minimum Gasteiger partial charge on any atom is -0.465 e. The summed E-state index contributed by atoms with van der Waals surface area (Å²) in [5.41, 5.74) is 6.16. The first-order chi connectivity index (χ1) is 15.3. The summed E-state index contributed by atoms with van der Waals surface area (Å²) in [7, 11) is 0. The van der Waals surface area contributed by atoms with Crippen molar-refractivity contribution in [3.05, 3.63) is 48.3 Å². The zero-order valence-electron chi connectivity index (χ0n) is 17.7. The molecule has 9 nitrogen and oxygen atoms in total. The van der Waals surface area contributed by atoms with E-state index < -0.39 is 29.5 Å². The third kappa shape index (κ3) is 4.70. The maximum Gasteiger partial charge on any atom is 0.405 e. The maximum absolute atomic E-state index is 13.6. The van der Waals surface area contributed by atoms with Crippen molar-refractivity contribution >= 4 is 23.6 Å². The lowest BCUT2D eigenvalue weighted by Gasteiger charge is -2.40. The Bertz CT molecular complexity index is 1050. The van der Waals surface area contributed by atoms with Gasteiger partial charge in [0.25, 0.3) is 11.8 Å². The molecule has 1 atom stereocenters. The van der Waals surface area contributed by atoms with Crippen LogP contribution in [0.4, 0.5) is 10.5 Å². The molecule has 0 bridgehead atoms. The summed E-state index contributed by atoms with van der Waals surface area (Å²) in [5.74, 6) is -1.06. The summed E-state index contributed by atoms with van der Waals surface area (Å²) in [6.45, 7) is 1.60. The Labute approximate surface area is 185 Å². The molecule has 0 radical (unpaired) electrons. The summed E-state index contributed by atoms with van der Waals surface area (Å²) in [4.78, 5) is 41.8. The van der Waals surface area contributed by atoms with Gasteiger partial charge < -0.3 is 16.2 Å². The average molecular weight is 435 g/mol. The Balaban J connectivity index is 1.97. The molecule has 3 amide bonds. The molecule has 1 unspecified atom stereocenters. The van der Waals surface area contributed by atoms with Crippen molar-refractivity contribution in [1.82, 2.24) is 10.3 Å². The summed E-state index contributed by atoms with van der Waals surface area (Å²) in [5, 5.41) is 21.4. The fourth-order valence-corrected chi connectivity index (χ4v) is 4.12. The van der Waals surface area contributed by atoms with Gasteiger partial charge in [-0.3, -0.25) is 19.5 Å². The Kier molecular flexibility index (Phi) is 6.73. The Morgan fingerprint density at radius 3 is 2.38 bits per heavy atom. The summed E-state index contributed by atoms with van der Waals surface area (Å²) < 4.78 is 0. The average Bonchev–Trinajstić information content (AvgIpc) is 2.79. The number of hydrogen-bond acceptors (Lipinski definition) is 5. The molecule has 1 aliphatic rings. The summed E-state index contributed by atoms with van der Waals surface area (Å²) in [6.07, 6.45) is 3.38. The van der Waals surface area contributed by atoms with Crippen LogP contribution in [0.2, 0.25) is 0 Å². The monoisotopic (exact) mass is 435 g/mol. The molecule has 0 spiro atoms. The molecule has 1 saturated carbocycles. The van der Waals surface area contributed by atoms with Crippen LogP contribution in [0.3, 0.4) is 0 Å². The number of rotatable bonds is 6. The highest BCUT2D eigenvalue weighted by atomic mass is 16.4. The first-order valence-corrected chi connectivity index (χ1v) is 10.4. The molecule has 0 aliphatic heterocycles. The third-order valence-electron chi connectivity index (χ3n) is 5.75. The number of nitrogens with zero attached hydrogens (tertiary/aromatic N) is 3. The van der Waals surface area contributed by atoms with Gasteiger partial charge in [0.1, 0.15) is 17.3 Å². The minimum atomic E-state index is -1.26. The first kappa shape index (κ1) is 22.7. The van der Waals surface area contributed by atoms with Gasteiger partial charge in [-0.2, -0.15) is 5.26 Å². The number of carbonyl (C=O) groups excluding carboxylic acids is 2. The molecule has 3 rings (SSSR count). The van der Waals surface area contributed by atoms with Crippen LogP contribution in [0.15, 0.2) is 42.6 Å². The molecule has 4 N–H and O–H groups in total. The molecule has 166 valence electrons. The van der Waals surface area contributed by atoms with Crippen molar-refractivity contribution < 1.29 is 19.5 Å². The third-order valence-corrected chi connectivity index (χ3v) is 5.75. The minimum absolute atomic E-state index is 0.139. The van der Waals surface area contributed by atoms with Gasteiger partial charge in [-0.25, -0.2) is 4.79 Å². The van der Waals surface area contributed by atoms with Gasteiger partial charge >= 0.3 is 6.09 Å². The fraction of sp³-hybridized carbons (Fsp3) is 0.348. The Morgan fingerprint density at radius 2 is 1.81 bits per heavy atom. The number of carbonyl (C=O) groups is 3. The molecular weight excluding hydrogens is 410 g/mol. The number of benzene rings is 1. The number of primary amides is 1. The molecule has 1 aliphatic carbocycles. The second-order valence-corrected chi connectivity index (χ2v) is 7.89. The molecule has 0 saturated heterocycles. The van der Waals surface area contributed by atoms with E-state index in [9.17, 15) is 24.8 Å². The predicted octanol–water partition coefficient (Wildman–Crippen LogP) is 3.06. The number of hydrogen-bond donors (Lipinski definition) is 3. The zero-order chi connectivity index (χ0) is 23.3. The number of carboxylic acid groups (broad SMARTS) is 1. The van der Waals surface area contributed by atoms with Crippen LogP contribution in [0, 0.1) is 11.3 Å². The van der Waals surface area contributed by atoms with Crippen molar-refractivity contribution in [1.29, 1.82) is 5.26 Å². The van der Waals surface area contributed by atoms with Gasteiger partial charge in [-0.05, 0) is 55.2 Å². The van der Waals surface area contributed by atoms with Gasteiger partial charge in [0.15, 0.2) is 0 Å². The smallest absolute Gasteiger partial charge is 0.405 e. The van der Waals surface area contributed by atoms with Gasteiger partial charge in [0, 0.05) is 11.9 Å². The SMILES string of the molecule is CC(C#N)N(C(=O)C1(NC(=O)O)CCCCC1)c1ccc(-c2ccnc(C(N)=O)c2)cc1. The largest absolute Gasteiger partial charge is 0.465 e. The fourth-order valence-electron chi connectivity index (χ4n) is 4.12. The van der Waals surface area contributed by atoms with E-state index in [2.05, 4.69) is 16.4 Å². The highest BCUT2D eigenvalue weighted by Gasteiger charge is 2.45. The van der Waals surface area contributed by atoms with Gasteiger partial charge in [0.05, 0.1) is 6.07 Å². The van der Waals surface area contributed by atoms with E-state index in [-0.39, 0.29) is 5.69 Å². The van der Waals surface area contributed by atoms with Crippen LogP contribution in [-0.2, 0) is 4.79 Å². The Hall–Kier alpha value is -3.93.